The monoisotopic (exact) mass is 298 g/mol. The summed E-state index contributed by atoms with van der Waals surface area (Å²) in [5.74, 6) is 1.20. The van der Waals surface area contributed by atoms with E-state index in [1.807, 2.05) is 6.07 Å². The molecule has 1 atom stereocenters. The molecule has 0 aromatic heterocycles. The molecule has 0 bridgehead atoms. The largest absolute Gasteiger partial charge is 0.295 e. The van der Waals surface area contributed by atoms with E-state index in [2.05, 4.69) is 44.2 Å². The first-order chi connectivity index (χ1) is 10.1. The Bertz CT molecular complexity index is 612. The fourth-order valence-electron chi connectivity index (χ4n) is 3.53. The zero-order chi connectivity index (χ0) is 14.9. The smallest absolute Gasteiger partial charge is 0.159 e. The number of allylic oxidation sites excluding steroid dienone is 3. The van der Waals surface area contributed by atoms with Crippen LogP contribution in [0.1, 0.15) is 39.5 Å². The molecule has 110 valence electrons. The predicted molar refractivity (Wildman–Crippen MR) is 89.5 cm³/mol. The molecule has 0 amide bonds. The number of ketones is 1. The van der Waals surface area contributed by atoms with Gasteiger partial charge in [-0.15, -0.1) is 11.8 Å². The Hall–Kier alpha value is -1.28. The third-order valence-electron chi connectivity index (χ3n) is 5.06. The second-order valence-electron chi connectivity index (χ2n) is 6.24. The highest BCUT2D eigenvalue weighted by atomic mass is 32.2. The molecule has 0 aliphatic heterocycles. The minimum atomic E-state index is 0.138. The van der Waals surface area contributed by atoms with Crippen molar-refractivity contribution < 1.29 is 4.79 Å². The van der Waals surface area contributed by atoms with Crippen molar-refractivity contribution >= 4 is 17.5 Å². The molecule has 3 rings (SSSR count). The molecule has 0 spiro atoms. The Kier molecular flexibility index (Phi) is 4.08. The molecular weight excluding hydrogens is 276 g/mol. The number of fused-ring (bicyclic) bond motifs is 1. The van der Waals surface area contributed by atoms with Gasteiger partial charge >= 0.3 is 0 Å². The highest BCUT2D eigenvalue weighted by molar-refractivity contribution is 7.99. The fourth-order valence-corrected chi connectivity index (χ4v) is 4.52. The third-order valence-corrected chi connectivity index (χ3v) is 6.10. The minimum Gasteiger partial charge on any atom is -0.295 e. The van der Waals surface area contributed by atoms with Crippen molar-refractivity contribution in [2.24, 2.45) is 5.41 Å². The number of rotatable bonds is 3. The summed E-state index contributed by atoms with van der Waals surface area (Å²) in [6.07, 6.45) is 6.20. The lowest BCUT2D eigenvalue weighted by atomic mass is 9.63. The lowest BCUT2D eigenvalue weighted by Gasteiger charge is -2.41. The van der Waals surface area contributed by atoms with Crippen LogP contribution >= 0.6 is 11.8 Å². The van der Waals surface area contributed by atoms with E-state index < -0.39 is 0 Å². The number of carbonyl (C=O) groups excluding carboxylic acids is 1. The Morgan fingerprint density at radius 2 is 1.95 bits per heavy atom. The van der Waals surface area contributed by atoms with Crippen molar-refractivity contribution in [3.8, 4) is 0 Å². The highest BCUT2D eigenvalue weighted by Crippen LogP contribution is 2.50. The topological polar surface area (TPSA) is 17.1 Å². The molecule has 2 aliphatic rings. The number of hydrogen-bond donors (Lipinski definition) is 0. The van der Waals surface area contributed by atoms with Gasteiger partial charge in [-0.3, -0.25) is 4.79 Å². The Labute approximate surface area is 131 Å². The molecule has 1 nitrogen and oxygen atoms in total. The molecular formula is C19H22OS. The van der Waals surface area contributed by atoms with E-state index in [1.165, 1.54) is 16.0 Å². The lowest BCUT2D eigenvalue weighted by molar-refractivity contribution is -0.116. The van der Waals surface area contributed by atoms with Crippen LogP contribution < -0.4 is 0 Å². The van der Waals surface area contributed by atoms with E-state index in [4.69, 9.17) is 0 Å². The number of thioether (sulfide) groups is 1. The SMILES string of the molecule is CC1=CCCC2=C(CSc3ccccc3)C(=O)CC[C@]12C. The van der Waals surface area contributed by atoms with Gasteiger partial charge in [0, 0.05) is 28.1 Å². The Morgan fingerprint density at radius 3 is 2.71 bits per heavy atom. The first-order valence-electron chi connectivity index (χ1n) is 7.72. The van der Waals surface area contributed by atoms with E-state index in [9.17, 15) is 4.79 Å². The van der Waals surface area contributed by atoms with Crippen molar-refractivity contribution in [3.05, 3.63) is 53.1 Å². The standard InChI is InChI=1S/C19H22OS/c1-14-7-6-10-17-16(18(20)11-12-19(14,17)2)13-21-15-8-4-3-5-9-15/h3-5,7-9H,6,10-13H2,1-2H3/t19-/m1/s1. The van der Waals surface area contributed by atoms with Crippen molar-refractivity contribution in [1.29, 1.82) is 0 Å². The number of Topliss-reactive ketones (excluding diaryl/α,β-unsaturated/α-hetero) is 1. The Balaban J connectivity index is 1.89. The average Bonchev–Trinajstić information content (AvgIpc) is 2.50. The van der Waals surface area contributed by atoms with Crippen LogP contribution in [-0.4, -0.2) is 11.5 Å². The maximum atomic E-state index is 12.4. The van der Waals surface area contributed by atoms with E-state index in [1.54, 1.807) is 11.8 Å². The molecule has 0 saturated carbocycles. The van der Waals surface area contributed by atoms with Crippen LogP contribution in [0.2, 0.25) is 0 Å². The van der Waals surface area contributed by atoms with Gasteiger partial charge in [-0.1, -0.05) is 42.3 Å². The van der Waals surface area contributed by atoms with Gasteiger partial charge in [0.05, 0.1) is 0 Å². The van der Waals surface area contributed by atoms with Crippen molar-refractivity contribution in [2.75, 3.05) is 5.75 Å². The maximum absolute atomic E-state index is 12.4. The van der Waals surface area contributed by atoms with Gasteiger partial charge in [0.2, 0.25) is 0 Å². The summed E-state index contributed by atoms with van der Waals surface area (Å²) in [5.41, 5.74) is 4.12. The highest BCUT2D eigenvalue weighted by Gasteiger charge is 2.39. The van der Waals surface area contributed by atoms with Gasteiger partial charge in [-0.05, 0) is 38.3 Å². The molecule has 1 aromatic rings. The Morgan fingerprint density at radius 1 is 1.19 bits per heavy atom. The number of carbonyl (C=O) groups is 1. The first-order valence-corrected chi connectivity index (χ1v) is 8.70. The van der Waals surface area contributed by atoms with E-state index in [-0.39, 0.29) is 5.41 Å². The van der Waals surface area contributed by atoms with Gasteiger partial charge < -0.3 is 0 Å². The lowest BCUT2D eigenvalue weighted by Crippen LogP contribution is -2.32. The molecule has 0 heterocycles. The van der Waals surface area contributed by atoms with Crippen molar-refractivity contribution in [2.45, 2.75) is 44.4 Å². The average molecular weight is 298 g/mol. The second-order valence-corrected chi connectivity index (χ2v) is 7.29. The van der Waals surface area contributed by atoms with Crippen LogP contribution in [0.3, 0.4) is 0 Å². The second kappa shape index (κ2) is 5.84. The molecule has 1 aromatic carbocycles. The van der Waals surface area contributed by atoms with Gasteiger partial charge in [-0.25, -0.2) is 0 Å². The molecule has 2 heteroatoms. The zero-order valence-electron chi connectivity index (χ0n) is 12.8. The summed E-state index contributed by atoms with van der Waals surface area (Å²) >= 11 is 1.79. The normalized spacial score (nSPS) is 25.6. The number of hydrogen-bond acceptors (Lipinski definition) is 2. The molecule has 0 N–H and O–H groups in total. The summed E-state index contributed by atoms with van der Waals surface area (Å²) in [7, 11) is 0. The molecule has 0 saturated heterocycles. The van der Waals surface area contributed by atoms with Crippen LogP contribution in [0.15, 0.2) is 58.0 Å². The van der Waals surface area contributed by atoms with Gasteiger partial charge in [-0.2, -0.15) is 0 Å². The quantitative estimate of drug-likeness (QED) is 0.564. The molecule has 0 unspecified atom stereocenters. The van der Waals surface area contributed by atoms with Crippen molar-refractivity contribution in [3.63, 3.8) is 0 Å². The van der Waals surface area contributed by atoms with Crippen LogP contribution in [0.5, 0.6) is 0 Å². The third kappa shape index (κ3) is 2.74. The summed E-state index contributed by atoms with van der Waals surface area (Å²) in [5, 5.41) is 0. The van der Waals surface area contributed by atoms with Crippen LogP contribution in [0.4, 0.5) is 0 Å². The molecule has 0 fully saturated rings. The summed E-state index contributed by atoms with van der Waals surface area (Å²) in [6, 6.07) is 10.4. The predicted octanol–water partition coefficient (Wildman–Crippen LogP) is 5.18. The molecule has 0 radical (unpaired) electrons. The fraction of sp³-hybridized carbons (Fsp3) is 0.421. The summed E-state index contributed by atoms with van der Waals surface area (Å²) in [6.45, 7) is 4.56. The number of benzene rings is 1. The van der Waals surface area contributed by atoms with Crippen molar-refractivity contribution in [1.82, 2.24) is 0 Å². The maximum Gasteiger partial charge on any atom is 0.159 e. The van der Waals surface area contributed by atoms with Gasteiger partial charge in [0.25, 0.3) is 0 Å². The summed E-state index contributed by atoms with van der Waals surface area (Å²) < 4.78 is 0. The zero-order valence-corrected chi connectivity index (χ0v) is 13.6. The van der Waals surface area contributed by atoms with E-state index >= 15 is 0 Å². The summed E-state index contributed by atoms with van der Waals surface area (Å²) in [4.78, 5) is 13.7. The van der Waals surface area contributed by atoms with Crippen LogP contribution in [0, 0.1) is 5.41 Å². The molecule has 2 aliphatic carbocycles. The van der Waals surface area contributed by atoms with Gasteiger partial charge in [0.1, 0.15) is 0 Å². The van der Waals surface area contributed by atoms with Crippen LogP contribution in [0.25, 0.3) is 0 Å². The first kappa shape index (κ1) is 14.6. The van der Waals surface area contributed by atoms with Gasteiger partial charge in [0.15, 0.2) is 5.78 Å². The van der Waals surface area contributed by atoms with E-state index in [0.29, 0.717) is 12.2 Å². The van der Waals surface area contributed by atoms with E-state index in [0.717, 1.165) is 30.6 Å². The minimum absolute atomic E-state index is 0.138. The van der Waals surface area contributed by atoms with Crippen LogP contribution in [-0.2, 0) is 4.79 Å². The molecule has 21 heavy (non-hydrogen) atoms.